The first-order valence-corrected chi connectivity index (χ1v) is 6.20. The van der Waals surface area contributed by atoms with Crippen LogP contribution in [-0.2, 0) is 0 Å². The third-order valence-corrected chi connectivity index (χ3v) is 3.30. The Kier molecular flexibility index (Phi) is 4.66. The molecule has 1 saturated heterocycles. The topological polar surface area (TPSA) is 24.5 Å². The highest BCUT2D eigenvalue weighted by Crippen LogP contribution is 2.31. The summed E-state index contributed by atoms with van der Waals surface area (Å²) in [6, 6.07) is 2.91. The summed E-state index contributed by atoms with van der Waals surface area (Å²) < 4.78 is 44.8. The lowest BCUT2D eigenvalue weighted by Gasteiger charge is -2.34. The summed E-state index contributed by atoms with van der Waals surface area (Å²) in [7, 11) is 1.32. The number of nitrogens with zero attached hydrogens (tertiary/aromatic N) is 1. The van der Waals surface area contributed by atoms with E-state index < -0.39 is 18.3 Å². The van der Waals surface area contributed by atoms with Crippen molar-refractivity contribution in [1.29, 1.82) is 0 Å². The van der Waals surface area contributed by atoms with E-state index in [1.807, 2.05) is 0 Å². The van der Waals surface area contributed by atoms with E-state index in [4.69, 9.17) is 4.74 Å². The number of halogens is 3. The molecular formula is C13H17F3N2O. The molecule has 3 nitrogen and oxygen atoms in total. The monoisotopic (exact) mass is 274 g/mol. The van der Waals surface area contributed by atoms with Crippen LogP contribution in [0.1, 0.15) is 11.6 Å². The van der Waals surface area contributed by atoms with Crippen LogP contribution in [0.4, 0.5) is 13.2 Å². The molecule has 0 saturated carbocycles. The van der Waals surface area contributed by atoms with Gasteiger partial charge in [-0.25, -0.2) is 13.2 Å². The fourth-order valence-electron chi connectivity index (χ4n) is 2.34. The van der Waals surface area contributed by atoms with Gasteiger partial charge in [0.25, 0.3) is 6.43 Å². The third kappa shape index (κ3) is 3.19. The Morgan fingerprint density at radius 1 is 1.26 bits per heavy atom. The Hall–Kier alpha value is -1.27. The number of methoxy groups -OCH3 is 1. The van der Waals surface area contributed by atoms with Gasteiger partial charge in [0.2, 0.25) is 0 Å². The molecule has 6 heteroatoms. The van der Waals surface area contributed by atoms with Crippen LogP contribution < -0.4 is 10.1 Å². The van der Waals surface area contributed by atoms with Gasteiger partial charge in [-0.05, 0) is 17.7 Å². The number of rotatable bonds is 4. The minimum absolute atomic E-state index is 0.00159. The average molecular weight is 274 g/mol. The van der Waals surface area contributed by atoms with Crippen molar-refractivity contribution in [3.8, 4) is 5.75 Å². The summed E-state index contributed by atoms with van der Waals surface area (Å²) in [6.07, 6.45) is -2.52. The second-order valence-corrected chi connectivity index (χ2v) is 4.46. The van der Waals surface area contributed by atoms with Gasteiger partial charge in [-0.1, -0.05) is 6.07 Å². The van der Waals surface area contributed by atoms with Crippen molar-refractivity contribution < 1.29 is 17.9 Å². The fourth-order valence-corrected chi connectivity index (χ4v) is 2.34. The molecular weight excluding hydrogens is 257 g/mol. The zero-order chi connectivity index (χ0) is 13.8. The van der Waals surface area contributed by atoms with Gasteiger partial charge in [0.15, 0.2) is 11.6 Å². The van der Waals surface area contributed by atoms with Gasteiger partial charge in [-0.15, -0.1) is 0 Å². The summed E-state index contributed by atoms with van der Waals surface area (Å²) in [4.78, 5) is 1.72. The number of benzene rings is 1. The maximum atomic E-state index is 13.3. The van der Waals surface area contributed by atoms with Crippen LogP contribution >= 0.6 is 0 Å². The van der Waals surface area contributed by atoms with Crippen LogP contribution in [0, 0.1) is 5.82 Å². The van der Waals surface area contributed by atoms with Crippen LogP contribution in [0.3, 0.4) is 0 Å². The van der Waals surface area contributed by atoms with Crippen molar-refractivity contribution in [2.75, 3.05) is 33.3 Å². The van der Waals surface area contributed by atoms with E-state index in [9.17, 15) is 13.2 Å². The largest absolute Gasteiger partial charge is 0.494 e. The zero-order valence-corrected chi connectivity index (χ0v) is 10.7. The number of piperazine rings is 1. The molecule has 1 N–H and O–H groups in total. The first kappa shape index (κ1) is 14.1. The molecule has 1 aromatic rings. The third-order valence-electron chi connectivity index (χ3n) is 3.30. The molecule has 1 fully saturated rings. The number of ether oxygens (including phenoxy) is 1. The molecule has 1 aliphatic heterocycles. The predicted molar refractivity (Wildman–Crippen MR) is 66.1 cm³/mol. The number of nitrogens with one attached hydrogen (secondary N) is 1. The van der Waals surface area contributed by atoms with Gasteiger partial charge in [0.05, 0.1) is 13.2 Å². The van der Waals surface area contributed by atoms with Crippen molar-refractivity contribution in [2.24, 2.45) is 0 Å². The molecule has 1 aromatic carbocycles. The quantitative estimate of drug-likeness (QED) is 0.909. The van der Waals surface area contributed by atoms with E-state index in [1.54, 1.807) is 4.90 Å². The Morgan fingerprint density at radius 3 is 2.53 bits per heavy atom. The van der Waals surface area contributed by atoms with Crippen molar-refractivity contribution in [3.63, 3.8) is 0 Å². The lowest BCUT2D eigenvalue weighted by Crippen LogP contribution is -2.46. The Balaban J connectivity index is 2.27. The number of hydrogen-bond donors (Lipinski definition) is 1. The molecule has 0 radical (unpaired) electrons. The van der Waals surface area contributed by atoms with Gasteiger partial charge in [-0.2, -0.15) is 0 Å². The summed E-state index contributed by atoms with van der Waals surface area (Å²) >= 11 is 0. The second kappa shape index (κ2) is 6.25. The summed E-state index contributed by atoms with van der Waals surface area (Å²) in [5.74, 6) is -0.544. The SMILES string of the molecule is COc1cc([C@H](C(F)F)N2CCNCC2)ccc1F. The van der Waals surface area contributed by atoms with E-state index in [1.165, 1.54) is 25.3 Å². The Bertz CT molecular complexity index is 422. The minimum atomic E-state index is -2.52. The molecule has 0 aliphatic carbocycles. The standard InChI is InChI=1S/C13H17F3N2O/c1-19-11-8-9(2-3-10(11)14)12(13(15)16)18-6-4-17-5-7-18/h2-3,8,12-13,17H,4-7H2,1H3/t12-/m1/s1. The zero-order valence-electron chi connectivity index (χ0n) is 10.7. The molecule has 1 atom stereocenters. The smallest absolute Gasteiger partial charge is 0.258 e. The van der Waals surface area contributed by atoms with Crippen LogP contribution in [0.25, 0.3) is 0 Å². The van der Waals surface area contributed by atoms with E-state index in [2.05, 4.69) is 5.32 Å². The Labute approximate surface area is 110 Å². The predicted octanol–water partition coefficient (Wildman–Crippen LogP) is 2.05. The molecule has 0 amide bonds. The van der Waals surface area contributed by atoms with Crippen molar-refractivity contribution >= 4 is 0 Å². The highest BCUT2D eigenvalue weighted by molar-refractivity contribution is 5.32. The van der Waals surface area contributed by atoms with Crippen LogP contribution in [-0.4, -0.2) is 44.6 Å². The van der Waals surface area contributed by atoms with E-state index in [-0.39, 0.29) is 5.75 Å². The normalized spacial score (nSPS) is 18.6. The van der Waals surface area contributed by atoms with Crippen molar-refractivity contribution in [1.82, 2.24) is 10.2 Å². The lowest BCUT2D eigenvalue weighted by atomic mass is 10.0. The maximum Gasteiger partial charge on any atom is 0.258 e. The second-order valence-electron chi connectivity index (χ2n) is 4.46. The van der Waals surface area contributed by atoms with Crippen LogP contribution in [0.15, 0.2) is 18.2 Å². The summed E-state index contributed by atoms with van der Waals surface area (Å²) in [6.45, 7) is 2.46. The van der Waals surface area contributed by atoms with Crippen LogP contribution in [0.5, 0.6) is 5.75 Å². The minimum Gasteiger partial charge on any atom is -0.494 e. The molecule has 19 heavy (non-hydrogen) atoms. The molecule has 1 heterocycles. The summed E-state index contributed by atoms with van der Waals surface area (Å²) in [5.41, 5.74) is 0.384. The summed E-state index contributed by atoms with van der Waals surface area (Å²) in [5, 5.41) is 3.12. The molecule has 0 bridgehead atoms. The van der Waals surface area contributed by atoms with Gasteiger partial charge in [0.1, 0.15) is 0 Å². The lowest BCUT2D eigenvalue weighted by molar-refractivity contribution is 0.0180. The van der Waals surface area contributed by atoms with Gasteiger partial charge in [-0.3, -0.25) is 4.90 Å². The van der Waals surface area contributed by atoms with E-state index >= 15 is 0 Å². The van der Waals surface area contributed by atoms with Gasteiger partial charge >= 0.3 is 0 Å². The van der Waals surface area contributed by atoms with Crippen molar-refractivity contribution in [2.45, 2.75) is 12.5 Å². The fraction of sp³-hybridized carbons (Fsp3) is 0.538. The molecule has 0 aromatic heterocycles. The average Bonchev–Trinajstić information content (AvgIpc) is 2.41. The van der Waals surface area contributed by atoms with Gasteiger partial charge < -0.3 is 10.1 Å². The maximum absolute atomic E-state index is 13.3. The van der Waals surface area contributed by atoms with Crippen LogP contribution in [0.2, 0.25) is 0 Å². The first-order valence-electron chi connectivity index (χ1n) is 6.20. The highest BCUT2D eigenvalue weighted by Gasteiger charge is 2.30. The Morgan fingerprint density at radius 2 is 1.95 bits per heavy atom. The molecule has 2 rings (SSSR count). The molecule has 0 spiro atoms. The van der Waals surface area contributed by atoms with Crippen molar-refractivity contribution in [3.05, 3.63) is 29.6 Å². The molecule has 1 aliphatic rings. The van der Waals surface area contributed by atoms with E-state index in [0.29, 0.717) is 31.7 Å². The molecule has 0 unspecified atom stereocenters. The highest BCUT2D eigenvalue weighted by atomic mass is 19.3. The number of hydrogen-bond acceptors (Lipinski definition) is 3. The molecule has 106 valence electrons. The van der Waals surface area contributed by atoms with E-state index in [0.717, 1.165) is 0 Å². The van der Waals surface area contributed by atoms with Gasteiger partial charge in [0, 0.05) is 26.2 Å². The first-order chi connectivity index (χ1) is 9.13. The number of alkyl halides is 2.